The third-order valence-corrected chi connectivity index (χ3v) is 9.18. The lowest BCUT2D eigenvalue weighted by molar-refractivity contribution is 0.00578. The molecule has 0 unspecified atom stereocenters. The summed E-state index contributed by atoms with van der Waals surface area (Å²) in [6, 6.07) is 19.6. The lowest BCUT2D eigenvalue weighted by Gasteiger charge is -2.34. The molecule has 0 bridgehead atoms. The Bertz CT molecular complexity index is 1570. The second-order valence-corrected chi connectivity index (χ2v) is 15.0. The molecular weight excluding hydrogens is 505 g/mol. The summed E-state index contributed by atoms with van der Waals surface area (Å²) in [6.45, 7) is 21.9. The van der Waals surface area contributed by atoms with E-state index in [9.17, 15) is 5.11 Å². The zero-order valence-electron chi connectivity index (χ0n) is 26.8. The minimum Gasteiger partial charge on any atom is -0.506 e. The van der Waals surface area contributed by atoms with Crippen molar-refractivity contribution in [3.63, 3.8) is 0 Å². The summed E-state index contributed by atoms with van der Waals surface area (Å²) in [5.74, 6) is 0.209. The summed E-state index contributed by atoms with van der Waals surface area (Å²) >= 11 is 0. The number of benzene rings is 3. The molecule has 4 nitrogen and oxygen atoms in total. The minimum absolute atomic E-state index is 0.132. The Labute approximate surface area is 247 Å². The van der Waals surface area contributed by atoms with Gasteiger partial charge in [0.25, 0.3) is 0 Å². The van der Waals surface area contributed by atoms with E-state index < -0.39 is 18.3 Å². The Morgan fingerprint density at radius 2 is 1.46 bits per heavy atom. The summed E-state index contributed by atoms with van der Waals surface area (Å²) in [5, 5.41) is 14.5. The smallest absolute Gasteiger partial charge is 0.498 e. The van der Waals surface area contributed by atoms with Gasteiger partial charge in [0, 0.05) is 16.2 Å². The monoisotopic (exact) mass is 553 g/mol. The second kappa shape index (κ2) is 10.2. The largest absolute Gasteiger partial charge is 0.506 e. The number of aromatic hydroxyl groups is 1. The molecule has 1 aromatic heterocycles. The van der Waals surface area contributed by atoms with Crippen molar-refractivity contribution < 1.29 is 14.4 Å². The molecule has 1 saturated heterocycles. The fourth-order valence-corrected chi connectivity index (χ4v) is 6.59. The second-order valence-electron chi connectivity index (χ2n) is 15.0. The maximum atomic E-state index is 12.1. The zero-order valence-corrected chi connectivity index (χ0v) is 26.8. The van der Waals surface area contributed by atoms with Crippen LogP contribution in [0.2, 0.25) is 0 Å². The number of phenols is 1. The number of rotatable bonds is 7. The average Bonchev–Trinajstić information content (AvgIpc) is 3.30. The Morgan fingerprint density at radius 1 is 0.829 bits per heavy atom. The van der Waals surface area contributed by atoms with Crippen LogP contribution < -0.4 is 5.46 Å². The standard InChI is InChI=1S/C36H48BNO3/c1-11-12-15-24-18-19-27-26-16-13-14-17-29(26)38(30(27)20-24)31-22-25(34(5,6)23-33(2,3)4)21-28(32(31)39)37-40-35(7,8)36(9,10)41-37/h13-14,16-22,39H,11-12,15,23H2,1-10H3. The van der Waals surface area contributed by atoms with Gasteiger partial charge in [-0.2, -0.15) is 0 Å². The lowest BCUT2D eigenvalue weighted by atomic mass is 9.69. The molecule has 41 heavy (non-hydrogen) atoms. The molecule has 0 amide bonds. The fourth-order valence-electron chi connectivity index (χ4n) is 6.59. The Morgan fingerprint density at radius 3 is 2.10 bits per heavy atom. The Kier molecular flexibility index (Phi) is 7.40. The third kappa shape index (κ3) is 5.44. The molecule has 218 valence electrons. The van der Waals surface area contributed by atoms with Crippen LogP contribution >= 0.6 is 0 Å². The maximum Gasteiger partial charge on any atom is 0.498 e. The van der Waals surface area contributed by atoms with Crippen LogP contribution in [-0.2, 0) is 21.1 Å². The highest BCUT2D eigenvalue weighted by atomic mass is 16.7. The van der Waals surface area contributed by atoms with E-state index >= 15 is 0 Å². The van der Waals surface area contributed by atoms with Crippen LogP contribution in [0.25, 0.3) is 27.5 Å². The highest BCUT2D eigenvalue weighted by molar-refractivity contribution is 6.63. The summed E-state index contributed by atoms with van der Waals surface area (Å²) in [5.41, 5.74) is 5.09. The number of hydrogen-bond donors (Lipinski definition) is 1. The van der Waals surface area contributed by atoms with E-state index in [1.165, 1.54) is 16.3 Å². The number of phenolic OH excluding ortho intramolecular Hbond substituents is 1. The molecule has 0 radical (unpaired) electrons. The molecule has 0 spiro atoms. The van der Waals surface area contributed by atoms with Crippen molar-refractivity contribution in [2.24, 2.45) is 5.41 Å². The Hall–Kier alpha value is -2.76. The van der Waals surface area contributed by atoms with Crippen LogP contribution in [0, 0.1) is 5.41 Å². The van der Waals surface area contributed by atoms with Crippen LogP contribution in [0.5, 0.6) is 5.75 Å². The van der Waals surface area contributed by atoms with Crippen molar-refractivity contribution in [2.75, 3.05) is 0 Å². The van der Waals surface area contributed by atoms with E-state index in [1.807, 2.05) is 0 Å². The van der Waals surface area contributed by atoms with Crippen molar-refractivity contribution in [3.8, 4) is 11.4 Å². The minimum atomic E-state index is -0.669. The molecule has 1 aliphatic rings. The molecule has 1 aliphatic heterocycles. The first-order valence-electron chi connectivity index (χ1n) is 15.3. The average molecular weight is 554 g/mol. The molecule has 5 heteroatoms. The zero-order chi connectivity index (χ0) is 30.0. The highest BCUT2D eigenvalue weighted by Crippen LogP contribution is 2.43. The number of unbranched alkanes of at least 4 members (excludes halogenated alkanes) is 1. The van der Waals surface area contributed by atoms with Gasteiger partial charge in [-0.3, -0.25) is 0 Å². The van der Waals surface area contributed by atoms with Crippen molar-refractivity contribution in [3.05, 3.63) is 65.7 Å². The van der Waals surface area contributed by atoms with Gasteiger partial charge in [-0.15, -0.1) is 0 Å². The molecule has 2 heterocycles. The fraction of sp³-hybridized carbons (Fsp3) is 0.500. The summed E-state index contributed by atoms with van der Waals surface area (Å²) in [7, 11) is -0.669. The van der Waals surface area contributed by atoms with Gasteiger partial charge in [0.15, 0.2) is 0 Å². The van der Waals surface area contributed by atoms with Crippen LogP contribution in [0.15, 0.2) is 54.6 Å². The van der Waals surface area contributed by atoms with Crippen molar-refractivity contribution >= 4 is 34.4 Å². The summed E-state index contributed by atoms with van der Waals surface area (Å²) < 4.78 is 15.3. The lowest BCUT2D eigenvalue weighted by Crippen LogP contribution is -2.41. The molecule has 0 aliphatic carbocycles. The molecular formula is C36H48BNO3. The first-order valence-corrected chi connectivity index (χ1v) is 15.3. The molecule has 3 aromatic carbocycles. The molecule has 1 N–H and O–H groups in total. The van der Waals surface area contributed by atoms with Gasteiger partial charge in [0.2, 0.25) is 0 Å². The van der Waals surface area contributed by atoms with E-state index in [0.717, 1.165) is 48.0 Å². The first-order chi connectivity index (χ1) is 19.0. The van der Waals surface area contributed by atoms with Gasteiger partial charge in [0.1, 0.15) is 5.75 Å². The quantitative estimate of drug-likeness (QED) is 0.233. The van der Waals surface area contributed by atoms with Crippen LogP contribution in [0.3, 0.4) is 0 Å². The topological polar surface area (TPSA) is 43.6 Å². The van der Waals surface area contributed by atoms with Crippen molar-refractivity contribution in [2.45, 2.75) is 112 Å². The predicted molar refractivity (Wildman–Crippen MR) is 174 cm³/mol. The van der Waals surface area contributed by atoms with Crippen molar-refractivity contribution in [1.82, 2.24) is 4.57 Å². The first kappa shape index (κ1) is 29.7. The van der Waals surface area contributed by atoms with Gasteiger partial charge in [-0.1, -0.05) is 84.4 Å². The third-order valence-electron chi connectivity index (χ3n) is 9.18. The SMILES string of the molecule is CCCCc1ccc2c3ccccc3n(-c3cc(C(C)(C)CC(C)(C)C)cc(B4OC(C)(C)C(C)(C)O4)c3O)c2c1. The number of para-hydroxylation sites is 1. The number of aromatic nitrogens is 1. The van der Waals surface area contributed by atoms with Gasteiger partial charge in [0.05, 0.1) is 27.9 Å². The number of aryl methyl sites for hydroxylation is 1. The van der Waals surface area contributed by atoms with E-state index in [1.54, 1.807) is 0 Å². The van der Waals surface area contributed by atoms with Crippen molar-refractivity contribution in [1.29, 1.82) is 0 Å². The predicted octanol–water partition coefficient (Wildman–Crippen LogP) is 8.84. The van der Waals surface area contributed by atoms with Gasteiger partial charge in [-0.05, 0) is 87.1 Å². The molecule has 5 rings (SSSR count). The van der Waals surface area contributed by atoms with Gasteiger partial charge < -0.3 is 19.0 Å². The van der Waals surface area contributed by atoms with Gasteiger partial charge >= 0.3 is 7.12 Å². The Balaban J connectivity index is 1.81. The highest BCUT2D eigenvalue weighted by Gasteiger charge is 2.53. The van der Waals surface area contributed by atoms with Gasteiger partial charge in [-0.25, -0.2) is 0 Å². The molecule has 0 saturated carbocycles. The normalized spacial score (nSPS) is 17.2. The summed E-state index contributed by atoms with van der Waals surface area (Å²) in [4.78, 5) is 0. The molecule has 4 aromatic rings. The van der Waals surface area contributed by atoms with E-state index in [2.05, 4.69) is 128 Å². The number of fused-ring (bicyclic) bond motifs is 3. The molecule has 1 fully saturated rings. The summed E-state index contributed by atoms with van der Waals surface area (Å²) in [6.07, 6.45) is 4.34. The van der Waals surface area contributed by atoms with Crippen LogP contribution in [0.1, 0.15) is 99.6 Å². The van der Waals surface area contributed by atoms with E-state index in [4.69, 9.17) is 9.31 Å². The van der Waals surface area contributed by atoms with Crippen LogP contribution in [-0.4, -0.2) is 28.0 Å². The number of nitrogens with zero attached hydrogens (tertiary/aromatic N) is 1. The maximum absolute atomic E-state index is 12.1. The molecule has 0 atom stereocenters. The van der Waals surface area contributed by atoms with E-state index in [-0.39, 0.29) is 16.6 Å². The van der Waals surface area contributed by atoms with E-state index in [0.29, 0.717) is 5.46 Å². The van der Waals surface area contributed by atoms with Crippen LogP contribution in [0.4, 0.5) is 0 Å². The number of hydrogen-bond acceptors (Lipinski definition) is 3.